The summed E-state index contributed by atoms with van der Waals surface area (Å²) < 4.78 is 12.0. The number of esters is 1. The lowest BCUT2D eigenvalue weighted by Gasteiger charge is -2.39. The molecule has 156 valence electrons. The van der Waals surface area contributed by atoms with Crippen molar-refractivity contribution in [2.24, 2.45) is 16.8 Å². The summed E-state index contributed by atoms with van der Waals surface area (Å²) >= 11 is 3.57. The van der Waals surface area contributed by atoms with Crippen LogP contribution >= 0.6 is 15.9 Å². The minimum atomic E-state index is -0.359. The van der Waals surface area contributed by atoms with Gasteiger partial charge in [-0.25, -0.2) is 4.79 Å². The van der Waals surface area contributed by atoms with E-state index >= 15 is 0 Å². The summed E-state index contributed by atoms with van der Waals surface area (Å²) in [7, 11) is 0. The number of halogens is 1. The van der Waals surface area contributed by atoms with Crippen LogP contribution in [0.2, 0.25) is 0 Å². The number of rotatable bonds is 3. The maximum atomic E-state index is 12.5. The zero-order valence-electron chi connectivity index (χ0n) is 17.0. The Kier molecular flexibility index (Phi) is 5.19. The molecule has 1 aromatic carbocycles. The second kappa shape index (κ2) is 7.69. The molecule has 1 saturated heterocycles. The number of hydrogen-bond acceptors (Lipinski definition) is 5. The molecular formula is C23H29BrN2O3. The summed E-state index contributed by atoms with van der Waals surface area (Å²) in [5.41, 5.74) is 1.43. The second-order valence-corrected chi connectivity index (χ2v) is 9.77. The minimum absolute atomic E-state index is 0.00357. The van der Waals surface area contributed by atoms with Crippen molar-refractivity contribution in [3.05, 3.63) is 34.3 Å². The Hall–Kier alpha value is -1.40. The average Bonchev–Trinajstić information content (AvgIpc) is 3.45. The van der Waals surface area contributed by atoms with Gasteiger partial charge in [0.1, 0.15) is 5.84 Å². The van der Waals surface area contributed by atoms with E-state index < -0.39 is 0 Å². The van der Waals surface area contributed by atoms with Gasteiger partial charge in [0, 0.05) is 23.4 Å². The van der Waals surface area contributed by atoms with E-state index in [1.807, 2.05) is 6.92 Å². The van der Waals surface area contributed by atoms with Gasteiger partial charge < -0.3 is 14.4 Å². The topological polar surface area (TPSA) is 51.1 Å². The smallest absolute Gasteiger partial charge is 0.331 e. The van der Waals surface area contributed by atoms with Crippen molar-refractivity contribution in [3.63, 3.8) is 0 Å². The number of hydrogen-bond donors (Lipinski definition) is 0. The Balaban J connectivity index is 1.47. The highest BCUT2D eigenvalue weighted by Crippen LogP contribution is 2.63. The normalized spacial score (nSPS) is 35.9. The Labute approximate surface area is 181 Å². The molecule has 0 radical (unpaired) electrons. The van der Waals surface area contributed by atoms with Crippen LogP contribution in [0.3, 0.4) is 0 Å². The monoisotopic (exact) mass is 460 g/mol. The van der Waals surface area contributed by atoms with E-state index in [1.54, 1.807) is 0 Å². The number of nitrogens with zero attached hydrogens (tertiary/aromatic N) is 2. The highest BCUT2D eigenvalue weighted by atomic mass is 79.9. The largest absolute Gasteiger partial charge is 0.464 e. The van der Waals surface area contributed by atoms with Crippen LogP contribution in [-0.2, 0) is 14.3 Å². The SMILES string of the molecule is CCOC(=O)C1COCCN1C1=NC2(CC1)C1CCC(C1)C2c1ccc(Br)cc1. The number of carbonyl (C=O) groups excluding carboxylic acids is 1. The van der Waals surface area contributed by atoms with Crippen LogP contribution in [-0.4, -0.2) is 54.7 Å². The van der Waals surface area contributed by atoms with Crippen molar-refractivity contribution >= 4 is 27.7 Å². The highest BCUT2D eigenvalue weighted by molar-refractivity contribution is 9.10. The van der Waals surface area contributed by atoms with Crippen molar-refractivity contribution in [2.45, 2.75) is 56.5 Å². The molecule has 5 nitrogen and oxygen atoms in total. The number of amidine groups is 1. The lowest BCUT2D eigenvalue weighted by atomic mass is 9.69. The van der Waals surface area contributed by atoms with Gasteiger partial charge in [0.25, 0.3) is 0 Å². The molecule has 2 aliphatic carbocycles. The first-order valence-electron chi connectivity index (χ1n) is 11.0. The predicted molar refractivity (Wildman–Crippen MR) is 115 cm³/mol. The number of benzene rings is 1. The molecule has 0 N–H and O–H groups in total. The van der Waals surface area contributed by atoms with Gasteiger partial charge in [0.15, 0.2) is 6.04 Å². The molecule has 1 spiro atoms. The molecular weight excluding hydrogens is 432 g/mol. The van der Waals surface area contributed by atoms with E-state index in [0.29, 0.717) is 31.7 Å². The summed E-state index contributed by atoms with van der Waals surface area (Å²) in [4.78, 5) is 20.2. The van der Waals surface area contributed by atoms with E-state index in [0.717, 1.165) is 35.6 Å². The van der Waals surface area contributed by atoms with Crippen molar-refractivity contribution in [1.29, 1.82) is 0 Å². The second-order valence-electron chi connectivity index (χ2n) is 8.85. The third-order valence-electron chi connectivity index (χ3n) is 7.52. The lowest BCUT2D eigenvalue weighted by molar-refractivity contribution is -0.152. The van der Waals surface area contributed by atoms with E-state index in [1.165, 1.54) is 24.8 Å². The van der Waals surface area contributed by atoms with Gasteiger partial charge in [-0.3, -0.25) is 4.99 Å². The van der Waals surface area contributed by atoms with Crippen LogP contribution in [0, 0.1) is 11.8 Å². The van der Waals surface area contributed by atoms with Crippen molar-refractivity contribution in [2.75, 3.05) is 26.4 Å². The summed E-state index contributed by atoms with van der Waals surface area (Å²) in [6, 6.07) is 8.52. The van der Waals surface area contributed by atoms with E-state index in [9.17, 15) is 4.79 Å². The Morgan fingerprint density at radius 3 is 2.97 bits per heavy atom. The molecule has 5 rings (SSSR count). The van der Waals surface area contributed by atoms with E-state index in [-0.39, 0.29) is 17.6 Å². The summed E-state index contributed by atoms with van der Waals surface area (Å²) in [5, 5.41) is 0. The summed E-state index contributed by atoms with van der Waals surface area (Å²) in [6.45, 7) is 4.01. The molecule has 0 aromatic heterocycles. The third-order valence-corrected chi connectivity index (χ3v) is 8.05. The molecule has 2 aliphatic heterocycles. The van der Waals surface area contributed by atoms with Crippen LogP contribution in [0.25, 0.3) is 0 Å². The van der Waals surface area contributed by atoms with Crippen LogP contribution in [0.4, 0.5) is 0 Å². The van der Waals surface area contributed by atoms with Crippen LogP contribution in [0.15, 0.2) is 33.7 Å². The molecule has 5 atom stereocenters. The minimum Gasteiger partial charge on any atom is -0.464 e. The Morgan fingerprint density at radius 2 is 2.17 bits per heavy atom. The number of aliphatic imine (C=N–C) groups is 1. The first-order chi connectivity index (χ1) is 14.1. The standard InChI is InChI=1S/C23H29BrN2O3/c1-2-29-22(27)19-14-28-12-11-26(19)20-9-10-23(25-20)17-6-3-16(13-17)21(23)15-4-7-18(24)8-5-15/h4-5,7-8,16-17,19,21H,2-3,6,9-14H2,1H3. The van der Waals surface area contributed by atoms with Crippen LogP contribution in [0.5, 0.6) is 0 Å². The molecule has 4 aliphatic rings. The maximum absolute atomic E-state index is 12.5. The fraction of sp³-hybridized carbons (Fsp3) is 0.652. The van der Waals surface area contributed by atoms with Crippen molar-refractivity contribution < 1.29 is 14.3 Å². The molecule has 0 amide bonds. The Morgan fingerprint density at radius 1 is 1.34 bits per heavy atom. The van der Waals surface area contributed by atoms with E-state index in [4.69, 9.17) is 14.5 Å². The van der Waals surface area contributed by atoms with Crippen molar-refractivity contribution in [3.8, 4) is 0 Å². The fourth-order valence-electron chi connectivity index (χ4n) is 6.40. The Bertz CT molecular complexity index is 811. The number of ether oxygens (including phenoxy) is 2. The first kappa shape index (κ1) is 19.6. The lowest BCUT2D eigenvalue weighted by Crippen LogP contribution is -2.53. The predicted octanol–water partition coefficient (Wildman–Crippen LogP) is 4.16. The zero-order chi connectivity index (χ0) is 20.0. The van der Waals surface area contributed by atoms with Gasteiger partial charge in [-0.05, 0) is 62.1 Å². The average molecular weight is 461 g/mol. The molecule has 2 heterocycles. The number of fused-ring (bicyclic) bond motifs is 3. The van der Waals surface area contributed by atoms with Gasteiger partial charge in [-0.2, -0.15) is 0 Å². The van der Waals surface area contributed by atoms with Gasteiger partial charge in [0.05, 0.1) is 25.4 Å². The molecule has 6 heteroatoms. The maximum Gasteiger partial charge on any atom is 0.331 e. The molecule has 1 aromatic rings. The quantitative estimate of drug-likeness (QED) is 0.635. The van der Waals surface area contributed by atoms with Gasteiger partial charge in [-0.15, -0.1) is 0 Å². The van der Waals surface area contributed by atoms with Crippen LogP contribution < -0.4 is 0 Å². The van der Waals surface area contributed by atoms with Gasteiger partial charge in [-0.1, -0.05) is 28.1 Å². The molecule has 3 fully saturated rings. The number of morpholine rings is 1. The number of carbonyl (C=O) groups is 1. The molecule has 2 bridgehead atoms. The van der Waals surface area contributed by atoms with Crippen LogP contribution in [0.1, 0.15) is 50.5 Å². The zero-order valence-corrected chi connectivity index (χ0v) is 18.6. The van der Waals surface area contributed by atoms with E-state index in [2.05, 4.69) is 45.1 Å². The summed E-state index contributed by atoms with van der Waals surface area (Å²) in [6.07, 6.45) is 5.95. The molecule has 5 unspecified atom stereocenters. The van der Waals surface area contributed by atoms with Gasteiger partial charge >= 0.3 is 5.97 Å². The summed E-state index contributed by atoms with van der Waals surface area (Å²) in [5.74, 6) is 2.80. The fourth-order valence-corrected chi connectivity index (χ4v) is 6.67. The van der Waals surface area contributed by atoms with Gasteiger partial charge in [0.2, 0.25) is 0 Å². The first-order valence-corrected chi connectivity index (χ1v) is 11.8. The molecule has 29 heavy (non-hydrogen) atoms. The third kappa shape index (κ3) is 3.23. The molecule has 2 saturated carbocycles. The van der Waals surface area contributed by atoms with Crippen molar-refractivity contribution in [1.82, 2.24) is 4.90 Å². The highest BCUT2D eigenvalue weighted by Gasteiger charge is 2.60.